The van der Waals surface area contributed by atoms with Gasteiger partial charge in [0.1, 0.15) is 6.61 Å². The molecule has 0 spiro atoms. The number of amides is 1. The molecule has 1 amide bonds. The summed E-state index contributed by atoms with van der Waals surface area (Å²) >= 11 is 2.25. The highest BCUT2D eigenvalue weighted by atomic mass is 127. The Morgan fingerprint density at radius 3 is 2.59 bits per heavy atom. The summed E-state index contributed by atoms with van der Waals surface area (Å²) in [6.45, 7) is 2.20. The number of hydrogen-bond acceptors (Lipinski definition) is 4. The molecule has 0 saturated carbocycles. The van der Waals surface area contributed by atoms with Gasteiger partial charge in [-0.25, -0.2) is 9.59 Å². The molecule has 0 aliphatic carbocycles. The topological polar surface area (TPSA) is 64.6 Å². The molecule has 2 aromatic rings. The third-order valence-electron chi connectivity index (χ3n) is 3.61. The number of carbonyl (C=O) groups is 2. The third kappa shape index (κ3) is 6.61. The summed E-state index contributed by atoms with van der Waals surface area (Å²) in [6.07, 6.45) is 0.292. The fraction of sp³-hybridized carbons (Fsp3) is 0.238. The van der Waals surface area contributed by atoms with Crippen LogP contribution in [-0.4, -0.2) is 23.1 Å². The molecule has 0 aliphatic rings. The van der Waals surface area contributed by atoms with Crippen LogP contribution in [0.1, 0.15) is 34.8 Å². The molecular formula is C21H20INO4. The summed E-state index contributed by atoms with van der Waals surface area (Å²) in [4.78, 5) is 24.0. The first kappa shape index (κ1) is 20.8. The minimum Gasteiger partial charge on any atom is -0.465 e. The molecule has 0 bridgehead atoms. The van der Waals surface area contributed by atoms with Crippen LogP contribution >= 0.6 is 22.6 Å². The smallest absolute Gasteiger partial charge is 0.411 e. The second-order valence-corrected chi connectivity index (χ2v) is 7.09. The van der Waals surface area contributed by atoms with Crippen LogP contribution in [0.25, 0.3) is 0 Å². The van der Waals surface area contributed by atoms with Crippen molar-refractivity contribution in [2.24, 2.45) is 0 Å². The van der Waals surface area contributed by atoms with Crippen molar-refractivity contribution in [3.8, 4) is 11.8 Å². The number of anilines is 1. The second-order valence-electron chi connectivity index (χ2n) is 5.58. The molecule has 1 atom stereocenters. The Labute approximate surface area is 172 Å². The average molecular weight is 477 g/mol. The maximum Gasteiger partial charge on any atom is 0.411 e. The molecule has 27 heavy (non-hydrogen) atoms. The van der Waals surface area contributed by atoms with Crippen LogP contribution in [0.5, 0.6) is 0 Å². The standard InChI is InChI=1S/C21H20INO4/c1-3-18(22)12-11-16-9-10-17(20(24)26-2)13-19(16)23-21(25)27-14-15-7-5-4-6-8-15/h4-10,13,18H,3,14H2,1-2H3,(H,23,25). The Kier molecular flexibility index (Phi) is 8.14. The van der Waals surface area contributed by atoms with Crippen LogP contribution in [0.3, 0.4) is 0 Å². The van der Waals surface area contributed by atoms with Crippen molar-refractivity contribution in [2.45, 2.75) is 23.9 Å². The first-order valence-corrected chi connectivity index (χ1v) is 9.63. The highest BCUT2D eigenvalue weighted by Crippen LogP contribution is 2.19. The van der Waals surface area contributed by atoms with Gasteiger partial charge in [-0.3, -0.25) is 5.32 Å². The van der Waals surface area contributed by atoms with Gasteiger partial charge in [0, 0.05) is 5.56 Å². The number of carbonyl (C=O) groups excluding carboxylic acids is 2. The van der Waals surface area contributed by atoms with Crippen molar-refractivity contribution in [1.82, 2.24) is 0 Å². The monoisotopic (exact) mass is 477 g/mol. The van der Waals surface area contributed by atoms with Crippen LogP contribution in [0.4, 0.5) is 10.5 Å². The van der Waals surface area contributed by atoms with E-state index in [0.29, 0.717) is 16.8 Å². The molecule has 0 heterocycles. The summed E-state index contributed by atoms with van der Waals surface area (Å²) in [6, 6.07) is 14.2. The quantitative estimate of drug-likeness (QED) is 0.291. The molecule has 1 N–H and O–H groups in total. The molecule has 0 radical (unpaired) electrons. The van der Waals surface area contributed by atoms with E-state index in [9.17, 15) is 9.59 Å². The molecule has 0 aromatic heterocycles. The maximum atomic E-state index is 12.2. The van der Waals surface area contributed by atoms with Crippen LogP contribution < -0.4 is 5.32 Å². The van der Waals surface area contributed by atoms with Crippen LogP contribution in [0.2, 0.25) is 0 Å². The fourth-order valence-corrected chi connectivity index (χ4v) is 2.28. The number of hydrogen-bond donors (Lipinski definition) is 1. The first-order chi connectivity index (χ1) is 13.0. The van der Waals surface area contributed by atoms with Gasteiger partial charge in [0.25, 0.3) is 0 Å². The van der Waals surface area contributed by atoms with Gasteiger partial charge < -0.3 is 9.47 Å². The molecule has 0 fully saturated rings. The SMILES string of the molecule is CCC(I)C#Cc1ccc(C(=O)OC)cc1NC(=O)OCc1ccccc1. The maximum absolute atomic E-state index is 12.2. The van der Waals surface area contributed by atoms with E-state index in [1.165, 1.54) is 13.2 Å². The summed E-state index contributed by atoms with van der Waals surface area (Å²) in [5.74, 6) is 5.67. The zero-order valence-electron chi connectivity index (χ0n) is 15.1. The summed E-state index contributed by atoms with van der Waals surface area (Å²) in [5, 5.41) is 2.67. The zero-order valence-corrected chi connectivity index (χ0v) is 17.3. The predicted octanol–water partition coefficient (Wildman–Crippen LogP) is 4.79. The van der Waals surface area contributed by atoms with Crippen molar-refractivity contribution >= 4 is 40.3 Å². The highest BCUT2D eigenvalue weighted by Gasteiger charge is 2.12. The Morgan fingerprint density at radius 2 is 1.93 bits per heavy atom. The van der Waals surface area contributed by atoms with E-state index >= 15 is 0 Å². The number of rotatable bonds is 5. The largest absolute Gasteiger partial charge is 0.465 e. The van der Waals surface area contributed by atoms with Crippen molar-refractivity contribution in [3.63, 3.8) is 0 Å². The predicted molar refractivity (Wildman–Crippen MR) is 113 cm³/mol. The number of alkyl halides is 1. The second kappa shape index (κ2) is 10.6. The van der Waals surface area contributed by atoms with Gasteiger partial charge in [-0.15, -0.1) is 0 Å². The minimum absolute atomic E-state index is 0.149. The van der Waals surface area contributed by atoms with Crippen molar-refractivity contribution in [2.75, 3.05) is 12.4 Å². The molecule has 0 saturated heterocycles. The summed E-state index contributed by atoms with van der Waals surface area (Å²) in [7, 11) is 1.30. The summed E-state index contributed by atoms with van der Waals surface area (Å²) < 4.78 is 10.2. The fourth-order valence-electron chi connectivity index (χ4n) is 2.13. The van der Waals surface area contributed by atoms with Crippen molar-refractivity contribution in [3.05, 3.63) is 65.2 Å². The van der Waals surface area contributed by atoms with Gasteiger partial charge in [-0.2, -0.15) is 0 Å². The van der Waals surface area contributed by atoms with E-state index in [1.807, 2.05) is 37.3 Å². The lowest BCUT2D eigenvalue weighted by atomic mass is 10.1. The van der Waals surface area contributed by atoms with Crippen LogP contribution in [0.15, 0.2) is 48.5 Å². The van der Waals surface area contributed by atoms with E-state index in [-0.39, 0.29) is 10.5 Å². The molecule has 6 heteroatoms. The number of halogens is 1. The average Bonchev–Trinajstić information content (AvgIpc) is 2.71. The lowest BCUT2D eigenvalue weighted by Gasteiger charge is -2.10. The number of esters is 1. The molecule has 1 unspecified atom stereocenters. The molecule has 0 aliphatic heterocycles. The van der Waals surface area contributed by atoms with Gasteiger partial charge in [-0.05, 0) is 30.2 Å². The van der Waals surface area contributed by atoms with Gasteiger partial charge in [0.05, 0.1) is 22.3 Å². The normalized spacial score (nSPS) is 10.9. The molecule has 2 aromatic carbocycles. The van der Waals surface area contributed by atoms with E-state index < -0.39 is 12.1 Å². The van der Waals surface area contributed by atoms with E-state index in [1.54, 1.807) is 12.1 Å². The highest BCUT2D eigenvalue weighted by molar-refractivity contribution is 14.1. The Hall–Kier alpha value is -2.53. The zero-order chi connectivity index (χ0) is 19.6. The van der Waals surface area contributed by atoms with Gasteiger partial charge in [0.2, 0.25) is 0 Å². The van der Waals surface area contributed by atoms with Gasteiger partial charge >= 0.3 is 12.1 Å². The molecular weight excluding hydrogens is 457 g/mol. The number of ether oxygens (including phenoxy) is 2. The molecule has 5 nitrogen and oxygen atoms in total. The Bertz CT molecular complexity index is 855. The first-order valence-electron chi connectivity index (χ1n) is 8.39. The number of methoxy groups -OCH3 is 1. The number of nitrogens with one attached hydrogen (secondary N) is 1. The molecule has 2 rings (SSSR count). The molecule has 140 valence electrons. The van der Waals surface area contributed by atoms with E-state index in [0.717, 1.165) is 12.0 Å². The minimum atomic E-state index is -0.620. The number of benzene rings is 2. The van der Waals surface area contributed by atoms with Crippen LogP contribution in [0, 0.1) is 11.8 Å². The van der Waals surface area contributed by atoms with Crippen molar-refractivity contribution < 1.29 is 19.1 Å². The van der Waals surface area contributed by atoms with E-state index in [4.69, 9.17) is 9.47 Å². The summed E-state index contributed by atoms with van der Waals surface area (Å²) in [5.41, 5.74) is 2.21. The third-order valence-corrected chi connectivity index (χ3v) is 4.80. The Balaban J connectivity index is 2.18. The van der Waals surface area contributed by atoms with Crippen LogP contribution in [-0.2, 0) is 16.1 Å². The lowest BCUT2D eigenvalue weighted by Crippen LogP contribution is -2.15. The Morgan fingerprint density at radius 1 is 1.19 bits per heavy atom. The van der Waals surface area contributed by atoms with Crippen molar-refractivity contribution in [1.29, 1.82) is 0 Å². The van der Waals surface area contributed by atoms with E-state index in [2.05, 4.69) is 39.7 Å². The lowest BCUT2D eigenvalue weighted by molar-refractivity contribution is 0.0600. The van der Waals surface area contributed by atoms with Gasteiger partial charge in [-0.1, -0.05) is 71.7 Å². The van der Waals surface area contributed by atoms with Gasteiger partial charge in [0.15, 0.2) is 0 Å².